The van der Waals surface area contributed by atoms with E-state index in [-0.39, 0.29) is 5.92 Å². The van der Waals surface area contributed by atoms with Gasteiger partial charge in [-0.2, -0.15) is 0 Å². The van der Waals surface area contributed by atoms with Crippen LogP contribution in [0.15, 0.2) is 0 Å². The molecule has 1 aliphatic carbocycles. The molecule has 86 valence electrons. The maximum Gasteiger partial charge on any atom is 0.306 e. The molecule has 2 atom stereocenters. The maximum absolute atomic E-state index is 10.7. The molecule has 15 heavy (non-hydrogen) atoms. The molecule has 0 bridgehead atoms. The largest absolute Gasteiger partial charge is 0.481 e. The second kappa shape index (κ2) is 4.49. The topological polar surface area (TPSA) is 66.6 Å². The van der Waals surface area contributed by atoms with Gasteiger partial charge in [0.2, 0.25) is 0 Å². The number of rotatable bonds is 4. The fourth-order valence-electron chi connectivity index (χ4n) is 2.49. The average molecular weight is 212 g/mol. The molecule has 0 aromatic heterocycles. The van der Waals surface area contributed by atoms with Gasteiger partial charge in [-0.3, -0.25) is 4.79 Å². The highest BCUT2D eigenvalue weighted by Gasteiger charge is 2.43. The van der Waals surface area contributed by atoms with E-state index in [2.05, 4.69) is 4.90 Å². The van der Waals surface area contributed by atoms with E-state index in [0.717, 1.165) is 32.6 Å². The van der Waals surface area contributed by atoms with Crippen LogP contribution in [-0.4, -0.2) is 42.2 Å². The molecule has 0 aromatic carbocycles. The van der Waals surface area contributed by atoms with Gasteiger partial charge in [0.25, 0.3) is 0 Å². The van der Waals surface area contributed by atoms with E-state index in [9.17, 15) is 4.79 Å². The monoisotopic (exact) mass is 212 g/mol. The summed E-state index contributed by atoms with van der Waals surface area (Å²) in [5, 5.41) is 8.80. The van der Waals surface area contributed by atoms with Gasteiger partial charge in [-0.25, -0.2) is 0 Å². The van der Waals surface area contributed by atoms with Crippen molar-refractivity contribution in [3.05, 3.63) is 0 Å². The summed E-state index contributed by atoms with van der Waals surface area (Å²) >= 11 is 0. The summed E-state index contributed by atoms with van der Waals surface area (Å²) in [5.74, 6) is 0.432. The first-order chi connectivity index (χ1) is 7.20. The summed E-state index contributed by atoms with van der Waals surface area (Å²) in [7, 11) is 0. The molecule has 2 rings (SSSR count). The molecule has 1 saturated carbocycles. The number of carbonyl (C=O) groups is 1. The Hall–Kier alpha value is -0.610. The molecule has 1 heterocycles. The number of likely N-dealkylation sites (tertiary alicyclic amines) is 1. The molecule has 0 amide bonds. The van der Waals surface area contributed by atoms with Crippen LogP contribution in [0.4, 0.5) is 0 Å². The Labute approximate surface area is 90.4 Å². The quantitative estimate of drug-likeness (QED) is 0.707. The van der Waals surface area contributed by atoms with Crippen molar-refractivity contribution in [2.24, 2.45) is 23.5 Å². The van der Waals surface area contributed by atoms with Gasteiger partial charge in [0.1, 0.15) is 0 Å². The summed E-state index contributed by atoms with van der Waals surface area (Å²) in [6.45, 7) is 3.98. The van der Waals surface area contributed by atoms with E-state index in [1.54, 1.807) is 0 Å². The zero-order valence-electron chi connectivity index (χ0n) is 9.06. The van der Waals surface area contributed by atoms with Crippen LogP contribution in [-0.2, 0) is 4.79 Å². The summed E-state index contributed by atoms with van der Waals surface area (Å²) < 4.78 is 0. The maximum atomic E-state index is 10.7. The van der Waals surface area contributed by atoms with Gasteiger partial charge in [-0.15, -0.1) is 0 Å². The molecule has 0 spiro atoms. The van der Waals surface area contributed by atoms with Crippen molar-refractivity contribution >= 4 is 5.97 Å². The highest BCUT2D eigenvalue weighted by Crippen LogP contribution is 2.39. The predicted octanol–water partition coefficient (Wildman–Crippen LogP) is 0.378. The Morgan fingerprint density at radius 3 is 2.53 bits per heavy atom. The zero-order chi connectivity index (χ0) is 10.8. The van der Waals surface area contributed by atoms with Crippen LogP contribution < -0.4 is 5.73 Å². The van der Waals surface area contributed by atoms with Crippen LogP contribution in [0.3, 0.4) is 0 Å². The summed E-state index contributed by atoms with van der Waals surface area (Å²) in [5.41, 5.74) is 5.63. The average Bonchev–Trinajstić information content (AvgIpc) is 2.98. The van der Waals surface area contributed by atoms with Crippen molar-refractivity contribution in [3.63, 3.8) is 0 Å². The molecule has 2 fully saturated rings. The van der Waals surface area contributed by atoms with Crippen LogP contribution in [0.5, 0.6) is 0 Å². The third kappa shape index (κ3) is 2.69. The number of piperidine rings is 1. The number of aliphatic carboxylic acids is 1. The van der Waals surface area contributed by atoms with E-state index in [1.807, 2.05) is 0 Å². The number of nitrogens with zero attached hydrogens (tertiary/aromatic N) is 1. The standard InChI is InChI=1S/C11H20N2O2/c12-6-8-1-3-13(4-2-8)7-9-5-10(9)11(14)15/h8-10H,1-7,12H2,(H,14,15). The van der Waals surface area contributed by atoms with Crippen LogP contribution in [0, 0.1) is 17.8 Å². The van der Waals surface area contributed by atoms with Crippen molar-refractivity contribution in [2.45, 2.75) is 19.3 Å². The zero-order valence-corrected chi connectivity index (χ0v) is 9.06. The summed E-state index contributed by atoms with van der Waals surface area (Å²) in [6, 6.07) is 0. The molecule has 4 heteroatoms. The Morgan fingerprint density at radius 1 is 1.40 bits per heavy atom. The number of carboxylic acid groups (broad SMARTS) is 1. The van der Waals surface area contributed by atoms with E-state index >= 15 is 0 Å². The van der Waals surface area contributed by atoms with Gasteiger partial charge >= 0.3 is 5.97 Å². The second-order valence-corrected chi connectivity index (χ2v) is 4.92. The minimum absolute atomic E-state index is 0.0581. The van der Waals surface area contributed by atoms with Gasteiger partial charge < -0.3 is 15.7 Å². The lowest BCUT2D eigenvalue weighted by atomic mass is 9.97. The number of hydrogen-bond donors (Lipinski definition) is 2. The first-order valence-corrected chi connectivity index (χ1v) is 5.86. The Bertz CT molecular complexity index is 237. The Morgan fingerprint density at radius 2 is 2.07 bits per heavy atom. The Kier molecular flexibility index (Phi) is 3.26. The summed E-state index contributed by atoms with van der Waals surface area (Å²) in [4.78, 5) is 13.1. The lowest BCUT2D eigenvalue weighted by molar-refractivity contribution is -0.138. The van der Waals surface area contributed by atoms with Crippen molar-refractivity contribution in [1.29, 1.82) is 0 Å². The first-order valence-electron chi connectivity index (χ1n) is 5.86. The smallest absolute Gasteiger partial charge is 0.306 e. The molecule has 1 saturated heterocycles. The number of hydrogen-bond acceptors (Lipinski definition) is 3. The molecule has 0 aromatic rings. The van der Waals surface area contributed by atoms with Gasteiger partial charge in [-0.1, -0.05) is 0 Å². The van der Waals surface area contributed by atoms with Crippen LogP contribution in [0.2, 0.25) is 0 Å². The third-order valence-corrected chi connectivity index (χ3v) is 3.77. The second-order valence-electron chi connectivity index (χ2n) is 4.92. The van der Waals surface area contributed by atoms with E-state index in [1.165, 1.54) is 12.8 Å². The third-order valence-electron chi connectivity index (χ3n) is 3.77. The normalized spacial score (nSPS) is 32.9. The molecule has 3 N–H and O–H groups in total. The molecule has 2 unspecified atom stereocenters. The van der Waals surface area contributed by atoms with Crippen LogP contribution in [0.25, 0.3) is 0 Å². The minimum atomic E-state index is -0.614. The molecule has 0 radical (unpaired) electrons. The van der Waals surface area contributed by atoms with Crippen molar-refractivity contribution in [3.8, 4) is 0 Å². The lowest BCUT2D eigenvalue weighted by Crippen LogP contribution is -2.37. The summed E-state index contributed by atoms with van der Waals surface area (Å²) in [6.07, 6.45) is 3.24. The minimum Gasteiger partial charge on any atom is -0.481 e. The highest BCUT2D eigenvalue weighted by molar-refractivity contribution is 5.73. The molecule has 1 aliphatic heterocycles. The highest BCUT2D eigenvalue weighted by atomic mass is 16.4. The SMILES string of the molecule is NCC1CCN(CC2CC2C(=O)O)CC1. The van der Waals surface area contributed by atoms with Crippen molar-refractivity contribution < 1.29 is 9.90 Å². The van der Waals surface area contributed by atoms with E-state index in [0.29, 0.717) is 11.8 Å². The predicted molar refractivity (Wildman–Crippen MR) is 57.5 cm³/mol. The van der Waals surface area contributed by atoms with Gasteiger partial charge in [0, 0.05) is 6.54 Å². The van der Waals surface area contributed by atoms with Gasteiger partial charge in [0.15, 0.2) is 0 Å². The van der Waals surface area contributed by atoms with Gasteiger partial charge in [0.05, 0.1) is 5.92 Å². The molecule has 4 nitrogen and oxygen atoms in total. The van der Waals surface area contributed by atoms with Crippen molar-refractivity contribution in [2.75, 3.05) is 26.2 Å². The van der Waals surface area contributed by atoms with E-state index in [4.69, 9.17) is 10.8 Å². The van der Waals surface area contributed by atoms with Gasteiger partial charge in [-0.05, 0) is 50.7 Å². The van der Waals surface area contributed by atoms with Crippen molar-refractivity contribution in [1.82, 2.24) is 4.90 Å². The first kappa shape index (κ1) is 10.9. The fraction of sp³-hybridized carbons (Fsp3) is 0.909. The Balaban J connectivity index is 1.68. The van der Waals surface area contributed by atoms with Crippen LogP contribution >= 0.6 is 0 Å². The molecule has 2 aliphatic rings. The van der Waals surface area contributed by atoms with Crippen LogP contribution in [0.1, 0.15) is 19.3 Å². The molecular formula is C11H20N2O2. The number of carboxylic acids is 1. The molecular weight excluding hydrogens is 192 g/mol. The fourth-order valence-corrected chi connectivity index (χ4v) is 2.49. The lowest BCUT2D eigenvalue weighted by Gasteiger charge is -2.31. The van der Waals surface area contributed by atoms with E-state index < -0.39 is 5.97 Å². The number of nitrogens with two attached hydrogens (primary N) is 1.